The van der Waals surface area contributed by atoms with E-state index in [2.05, 4.69) is 38.4 Å². The minimum atomic E-state index is -4.28. The Balaban J connectivity index is 1.60. The van der Waals surface area contributed by atoms with Gasteiger partial charge in [0.15, 0.2) is 0 Å². The van der Waals surface area contributed by atoms with Crippen LogP contribution >= 0.6 is 0 Å². The van der Waals surface area contributed by atoms with Gasteiger partial charge in [-0.25, -0.2) is 22.8 Å². The molecular weight excluding hydrogens is 421 g/mol. The number of nitrogens with one attached hydrogen (secondary N) is 2. The zero-order chi connectivity index (χ0) is 22.3. The fraction of sp³-hybridized carbons (Fsp3) is 0.381. The van der Waals surface area contributed by atoms with E-state index in [1.165, 1.54) is 12.6 Å². The van der Waals surface area contributed by atoms with Gasteiger partial charge < -0.3 is 9.88 Å². The van der Waals surface area contributed by atoms with E-state index in [1.54, 1.807) is 19.1 Å². The van der Waals surface area contributed by atoms with E-state index in [1.807, 2.05) is 0 Å². The second-order valence-corrected chi connectivity index (χ2v) is 9.96. The maximum Gasteiger partial charge on any atom is 0.264 e. The Kier molecular flexibility index (Phi) is 5.42. The molecule has 2 aromatic heterocycles. The summed E-state index contributed by atoms with van der Waals surface area (Å²) in [6, 6.07) is 5.29. The van der Waals surface area contributed by atoms with E-state index < -0.39 is 26.3 Å². The molecule has 0 bridgehead atoms. The van der Waals surface area contributed by atoms with Crippen LogP contribution in [0.4, 0.5) is 15.9 Å². The highest BCUT2D eigenvalue weighted by Gasteiger charge is 2.24. The van der Waals surface area contributed by atoms with Crippen molar-refractivity contribution in [1.82, 2.24) is 15.0 Å². The molecule has 3 heterocycles. The third-order valence-corrected chi connectivity index (χ3v) is 6.76. The van der Waals surface area contributed by atoms with Gasteiger partial charge >= 0.3 is 0 Å². The van der Waals surface area contributed by atoms with Crippen molar-refractivity contribution in [3.05, 3.63) is 52.5 Å². The predicted octanol–water partition coefficient (Wildman–Crippen LogP) is 3.05. The summed E-state index contributed by atoms with van der Waals surface area (Å²) >= 11 is 0. The van der Waals surface area contributed by atoms with Crippen LogP contribution in [-0.4, -0.2) is 36.5 Å². The molecule has 1 aromatic carbocycles. The largest absolute Gasteiger partial charge is 0.356 e. The van der Waals surface area contributed by atoms with Crippen molar-refractivity contribution in [3.63, 3.8) is 0 Å². The topological polar surface area (TPSA) is 108 Å². The minimum Gasteiger partial charge on any atom is -0.356 e. The SMILES string of the molecule is Cc1nc2cc(F)c(S(=O)(=O)Nc3ccc(N4C[C@H](C)C[C@@H](C)C4)nc3)cc2c(=O)[nH]1. The number of piperidine rings is 1. The third kappa shape index (κ3) is 4.39. The standard InChI is InChI=1S/C21H24FN5O3S/c1-12-6-13(2)11-27(10-12)20-5-4-15(9-23-20)26-31(29,30)19-7-16-18(8-17(19)22)24-14(3)25-21(16)28/h4-5,7-9,12-13,26H,6,10-11H2,1-3H3,(H,24,25,28)/t12-,13-/m1/s1. The van der Waals surface area contributed by atoms with Gasteiger partial charge in [-0.2, -0.15) is 0 Å². The first-order valence-electron chi connectivity index (χ1n) is 10.1. The number of sulfonamides is 1. The normalized spacial score (nSPS) is 19.5. The molecular formula is C21H24FN5O3S. The molecule has 0 unspecified atom stereocenters. The van der Waals surface area contributed by atoms with Crippen LogP contribution in [0.25, 0.3) is 10.9 Å². The average Bonchev–Trinajstić information content (AvgIpc) is 2.66. The second kappa shape index (κ2) is 7.92. The summed E-state index contributed by atoms with van der Waals surface area (Å²) in [5.74, 6) is 1.21. The van der Waals surface area contributed by atoms with Crippen molar-refractivity contribution in [3.8, 4) is 0 Å². The number of benzene rings is 1. The molecule has 0 amide bonds. The first-order chi connectivity index (χ1) is 14.6. The van der Waals surface area contributed by atoms with Gasteiger partial charge in [-0.3, -0.25) is 9.52 Å². The van der Waals surface area contributed by atoms with Crippen LogP contribution in [-0.2, 0) is 10.0 Å². The fourth-order valence-electron chi connectivity index (χ4n) is 4.16. The number of aryl methyl sites for hydroxylation is 1. The molecule has 0 spiro atoms. The van der Waals surface area contributed by atoms with Gasteiger partial charge in [0.25, 0.3) is 15.6 Å². The maximum atomic E-state index is 14.6. The predicted molar refractivity (Wildman–Crippen MR) is 117 cm³/mol. The van der Waals surface area contributed by atoms with E-state index in [0.717, 1.165) is 31.0 Å². The van der Waals surface area contributed by atoms with E-state index in [-0.39, 0.29) is 16.6 Å². The van der Waals surface area contributed by atoms with Crippen LogP contribution in [0.2, 0.25) is 0 Å². The highest BCUT2D eigenvalue weighted by molar-refractivity contribution is 7.92. The van der Waals surface area contributed by atoms with Gasteiger partial charge in [-0.05, 0) is 43.4 Å². The number of anilines is 2. The lowest BCUT2D eigenvalue weighted by Crippen LogP contribution is -2.39. The number of H-pyrrole nitrogens is 1. The van der Waals surface area contributed by atoms with Crippen LogP contribution in [0.15, 0.2) is 40.2 Å². The molecule has 0 radical (unpaired) electrons. The number of halogens is 1. The fourth-order valence-corrected chi connectivity index (χ4v) is 5.29. The molecule has 10 heteroatoms. The van der Waals surface area contributed by atoms with Crippen LogP contribution in [0, 0.1) is 24.6 Å². The minimum absolute atomic E-state index is 0.00538. The van der Waals surface area contributed by atoms with Crippen LogP contribution in [0.5, 0.6) is 0 Å². The number of rotatable bonds is 4. The Morgan fingerprint density at radius 2 is 1.90 bits per heavy atom. The molecule has 8 nitrogen and oxygen atoms in total. The molecule has 2 atom stereocenters. The van der Waals surface area contributed by atoms with Crippen molar-refractivity contribution in [2.24, 2.45) is 11.8 Å². The first-order valence-corrected chi connectivity index (χ1v) is 11.5. The number of hydrogen-bond acceptors (Lipinski definition) is 6. The van der Waals surface area contributed by atoms with Gasteiger partial charge in [0.2, 0.25) is 0 Å². The monoisotopic (exact) mass is 445 g/mol. The zero-order valence-electron chi connectivity index (χ0n) is 17.5. The van der Waals surface area contributed by atoms with Gasteiger partial charge in [0.05, 0.1) is 22.8 Å². The van der Waals surface area contributed by atoms with E-state index in [0.29, 0.717) is 17.7 Å². The number of fused-ring (bicyclic) bond motifs is 1. The van der Waals surface area contributed by atoms with Crippen molar-refractivity contribution >= 4 is 32.4 Å². The average molecular weight is 446 g/mol. The van der Waals surface area contributed by atoms with Gasteiger partial charge in [-0.1, -0.05) is 13.8 Å². The van der Waals surface area contributed by atoms with Crippen molar-refractivity contribution in [1.29, 1.82) is 0 Å². The van der Waals surface area contributed by atoms with E-state index in [9.17, 15) is 17.6 Å². The third-order valence-electron chi connectivity index (χ3n) is 5.36. The van der Waals surface area contributed by atoms with E-state index >= 15 is 0 Å². The van der Waals surface area contributed by atoms with Crippen molar-refractivity contribution in [2.75, 3.05) is 22.7 Å². The lowest BCUT2D eigenvalue weighted by atomic mass is 9.92. The summed E-state index contributed by atoms with van der Waals surface area (Å²) < 4.78 is 42.5. The second-order valence-electron chi connectivity index (χ2n) is 8.31. The highest BCUT2D eigenvalue weighted by atomic mass is 32.2. The van der Waals surface area contributed by atoms with E-state index in [4.69, 9.17) is 0 Å². The van der Waals surface area contributed by atoms with Crippen molar-refractivity contribution < 1.29 is 12.8 Å². The first kappa shape index (κ1) is 21.2. The molecule has 1 saturated heterocycles. The summed E-state index contributed by atoms with van der Waals surface area (Å²) in [6.45, 7) is 7.75. The molecule has 3 aromatic rings. The molecule has 1 aliphatic heterocycles. The Morgan fingerprint density at radius 1 is 1.19 bits per heavy atom. The number of nitrogens with zero attached hydrogens (tertiary/aromatic N) is 3. The highest BCUT2D eigenvalue weighted by Crippen LogP contribution is 2.27. The summed E-state index contributed by atoms with van der Waals surface area (Å²) in [4.78, 5) is 24.6. The smallest absolute Gasteiger partial charge is 0.264 e. The number of hydrogen-bond donors (Lipinski definition) is 2. The van der Waals surface area contributed by atoms with Crippen LogP contribution < -0.4 is 15.2 Å². The molecule has 2 N–H and O–H groups in total. The lowest BCUT2D eigenvalue weighted by molar-refractivity contribution is 0.355. The van der Waals surface area contributed by atoms with Gasteiger partial charge in [0, 0.05) is 19.2 Å². The quantitative estimate of drug-likeness (QED) is 0.639. The summed E-state index contributed by atoms with van der Waals surface area (Å²) in [6.07, 6.45) is 2.58. The summed E-state index contributed by atoms with van der Waals surface area (Å²) in [5.41, 5.74) is -0.235. The Hall–Kier alpha value is -3.01. The summed E-state index contributed by atoms with van der Waals surface area (Å²) in [5, 5.41) is -0.00538. The molecule has 0 aliphatic carbocycles. The van der Waals surface area contributed by atoms with Crippen LogP contribution in [0.3, 0.4) is 0 Å². The molecule has 4 rings (SSSR count). The van der Waals surface area contributed by atoms with Gasteiger partial charge in [0.1, 0.15) is 22.4 Å². The Bertz CT molecular complexity index is 1280. The molecule has 1 aliphatic rings. The summed E-state index contributed by atoms with van der Waals surface area (Å²) in [7, 11) is -4.28. The molecule has 1 fully saturated rings. The number of aromatic amines is 1. The van der Waals surface area contributed by atoms with Crippen molar-refractivity contribution in [2.45, 2.75) is 32.1 Å². The van der Waals surface area contributed by atoms with Crippen LogP contribution in [0.1, 0.15) is 26.1 Å². The molecule has 31 heavy (non-hydrogen) atoms. The molecule has 0 saturated carbocycles. The number of pyridine rings is 1. The lowest BCUT2D eigenvalue weighted by Gasteiger charge is -2.35. The Morgan fingerprint density at radius 3 is 2.55 bits per heavy atom. The zero-order valence-corrected chi connectivity index (χ0v) is 18.3. The number of aromatic nitrogens is 3. The maximum absolute atomic E-state index is 14.6. The molecule has 164 valence electrons. The Labute approximate surface area is 179 Å². The van der Waals surface area contributed by atoms with Gasteiger partial charge in [-0.15, -0.1) is 0 Å².